The van der Waals surface area contributed by atoms with Gasteiger partial charge in [-0.15, -0.1) is 0 Å². The number of nitrogens with two attached hydrogens (primary N) is 1. The van der Waals surface area contributed by atoms with Crippen LogP contribution in [-0.4, -0.2) is 32.3 Å². The average molecular weight is 225 g/mol. The molecule has 1 heterocycles. The summed E-state index contributed by atoms with van der Waals surface area (Å²) in [5, 5.41) is 3.23. The van der Waals surface area contributed by atoms with Crippen LogP contribution in [0, 0.1) is 11.8 Å². The predicted molar refractivity (Wildman–Crippen MR) is 65.4 cm³/mol. The Hall–Kier alpha value is -0.770. The van der Waals surface area contributed by atoms with Crippen LogP contribution >= 0.6 is 0 Å². The van der Waals surface area contributed by atoms with Gasteiger partial charge in [0.2, 0.25) is 0 Å². The monoisotopic (exact) mass is 225 g/mol. The van der Waals surface area contributed by atoms with Crippen molar-refractivity contribution in [3.05, 3.63) is 0 Å². The van der Waals surface area contributed by atoms with Crippen molar-refractivity contribution < 1.29 is 4.74 Å². The van der Waals surface area contributed by atoms with Gasteiger partial charge in [-0.1, -0.05) is 6.42 Å². The third kappa shape index (κ3) is 3.67. The van der Waals surface area contributed by atoms with Crippen molar-refractivity contribution >= 4 is 5.96 Å². The minimum Gasteiger partial charge on any atom is -0.381 e. The van der Waals surface area contributed by atoms with E-state index in [0.717, 1.165) is 45.1 Å². The maximum absolute atomic E-state index is 5.83. The number of guanidine groups is 1. The Morgan fingerprint density at radius 1 is 1.19 bits per heavy atom. The molecule has 1 aliphatic heterocycles. The molecule has 0 amide bonds. The molecule has 0 radical (unpaired) electrons. The Morgan fingerprint density at radius 2 is 1.94 bits per heavy atom. The van der Waals surface area contributed by atoms with E-state index in [-0.39, 0.29) is 0 Å². The second kappa shape index (κ2) is 6.09. The van der Waals surface area contributed by atoms with Gasteiger partial charge in [-0.25, -0.2) is 0 Å². The molecule has 0 atom stereocenters. The molecular formula is C12H23N3O. The highest BCUT2D eigenvalue weighted by atomic mass is 16.5. The van der Waals surface area contributed by atoms with E-state index in [1.165, 1.54) is 19.3 Å². The van der Waals surface area contributed by atoms with Crippen molar-refractivity contribution in [2.24, 2.45) is 22.6 Å². The normalized spacial score (nSPS) is 24.1. The van der Waals surface area contributed by atoms with Crippen LogP contribution in [0.5, 0.6) is 0 Å². The molecule has 3 N–H and O–H groups in total. The van der Waals surface area contributed by atoms with E-state index in [0.29, 0.717) is 11.9 Å². The van der Waals surface area contributed by atoms with Crippen LogP contribution < -0.4 is 11.1 Å². The van der Waals surface area contributed by atoms with Gasteiger partial charge in [0.15, 0.2) is 5.96 Å². The minimum absolute atomic E-state index is 0.624. The molecule has 4 nitrogen and oxygen atoms in total. The Labute approximate surface area is 97.6 Å². The summed E-state index contributed by atoms with van der Waals surface area (Å²) in [6.07, 6.45) is 6.31. The molecule has 4 heteroatoms. The first-order valence-corrected chi connectivity index (χ1v) is 6.46. The van der Waals surface area contributed by atoms with Crippen LogP contribution in [0.4, 0.5) is 0 Å². The van der Waals surface area contributed by atoms with Crippen molar-refractivity contribution in [3.63, 3.8) is 0 Å². The smallest absolute Gasteiger partial charge is 0.188 e. The molecule has 0 aromatic carbocycles. The van der Waals surface area contributed by atoms with Crippen molar-refractivity contribution in [1.82, 2.24) is 5.32 Å². The maximum Gasteiger partial charge on any atom is 0.188 e. The molecule has 0 aromatic heterocycles. The number of hydrogen-bond acceptors (Lipinski definition) is 2. The molecule has 0 unspecified atom stereocenters. The number of ether oxygens (including phenoxy) is 1. The van der Waals surface area contributed by atoms with E-state index in [4.69, 9.17) is 10.5 Å². The minimum atomic E-state index is 0.624. The number of nitrogens with zero attached hydrogens (tertiary/aromatic N) is 1. The fourth-order valence-electron chi connectivity index (χ4n) is 2.16. The maximum atomic E-state index is 5.83. The van der Waals surface area contributed by atoms with Gasteiger partial charge in [-0.05, 0) is 37.5 Å². The Morgan fingerprint density at radius 3 is 2.56 bits per heavy atom. The zero-order valence-corrected chi connectivity index (χ0v) is 9.95. The highest BCUT2D eigenvalue weighted by Gasteiger charge is 2.17. The molecule has 2 aliphatic rings. The molecule has 92 valence electrons. The van der Waals surface area contributed by atoms with Crippen molar-refractivity contribution in [1.29, 1.82) is 0 Å². The summed E-state index contributed by atoms with van der Waals surface area (Å²) in [5.41, 5.74) is 5.83. The highest BCUT2D eigenvalue weighted by molar-refractivity contribution is 5.77. The zero-order chi connectivity index (χ0) is 11.2. The lowest BCUT2D eigenvalue weighted by Gasteiger charge is -2.24. The van der Waals surface area contributed by atoms with E-state index in [9.17, 15) is 0 Å². The molecule has 16 heavy (non-hydrogen) atoms. The standard InChI is InChI=1S/C12H23N3O/c13-12(14-8-10-2-1-3-10)15-9-11-4-6-16-7-5-11/h10-11H,1-9H2,(H3,13,14,15). The summed E-state index contributed by atoms with van der Waals surface area (Å²) in [5.74, 6) is 2.12. The van der Waals surface area contributed by atoms with Crippen LogP contribution in [0.15, 0.2) is 4.99 Å². The third-order valence-electron chi connectivity index (χ3n) is 3.66. The number of nitrogens with one attached hydrogen (secondary N) is 1. The number of hydrogen-bond donors (Lipinski definition) is 2. The van der Waals surface area contributed by atoms with Crippen LogP contribution in [-0.2, 0) is 4.74 Å². The largest absolute Gasteiger partial charge is 0.381 e. The van der Waals surface area contributed by atoms with Gasteiger partial charge in [-0.2, -0.15) is 0 Å². The molecule has 1 saturated carbocycles. The molecule has 2 rings (SSSR count). The summed E-state index contributed by atoms with van der Waals surface area (Å²) in [7, 11) is 0. The summed E-state index contributed by atoms with van der Waals surface area (Å²) in [4.78, 5) is 4.38. The van der Waals surface area contributed by atoms with E-state index in [1.54, 1.807) is 0 Å². The fraction of sp³-hybridized carbons (Fsp3) is 0.917. The SMILES string of the molecule is NC(=NCC1CCC1)NCC1CCOCC1. The van der Waals surface area contributed by atoms with Crippen LogP contribution in [0.2, 0.25) is 0 Å². The predicted octanol–water partition coefficient (Wildman–Crippen LogP) is 1.12. The van der Waals surface area contributed by atoms with Crippen molar-refractivity contribution in [3.8, 4) is 0 Å². The Kier molecular flexibility index (Phi) is 4.45. The van der Waals surface area contributed by atoms with Gasteiger partial charge < -0.3 is 15.8 Å². The fourth-order valence-corrected chi connectivity index (χ4v) is 2.16. The lowest BCUT2D eigenvalue weighted by atomic mass is 9.86. The average Bonchev–Trinajstić information content (AvgIpc) is 2.26. The van der Waals surface area contributed by atoms with Crippen molar-refractivity contribution in [2.45, 2.75) is 32.1 Å². The van der Waals surface area contributed by atoms with Crippen LogP contribution in [0.1, 0.15) is 32.1 Å². The number of aliphatic imine (C=N–C) groups is 1. The Balaban J connectivity index is 1.59. The van der Waals surface area contributed by atoms with E-state index < -0.39 is 0 Å². The van der Waals surface area contributed by atoms with Gasteiger partial charge in [0.05, 0.1) is 0 Å². The van der Waals surface area contributed by atoms with Gasteiger partial charge in [-0.3, -0.25) is 4.99 Å². The molecule has 0 bridgehead atoms. The molecule has 1 saturated heterocycles. The van der Waals surface area contributed by atoms with Gasteiger partial charge in [0, 0.05) is 26.3 Å². The van der Waals surface area contributed by atoms with E-state index in [2.05, 4.69) is 10.3 Å². The molecule has 1 aliphatic carbocycles. The second-order valence-corrected chi connectivity index (χ2v) is 4.96. The molecular weight excluding hydrogens is 202 g/mol. The van der Waals surface area contributed by atoms with Crippen molar-refractivity contribution in [2.75, 3.05) is 26.3 Å². The summed E-state index contributed by atoms with van der Waals surface area (Å²) >= 11 is 0. The van der Waals surface area contributed by atoms with Crippen LogP contribution in [0.3, 0.4) is 0 Å². The third-order valence-corrected chi connectivity index (χ3v) is 3.66. The molecule has 0 spiro atoms. The number of rotatable bonds is 4. The lowest BCUT2D eigenvalue weighted by molar-refractivity contribution is 0.0676. The topological polar surface area (TPSA) is 59.6 Å². The van der Waals surface area contributed by atoms with E-state index in [1.807, 2.05) is 0 Å². The summed E-state index contributed by atoms with van der Waals surface area (Å²) < 4.78 is 5.32. The van der Waals surface area contributed by atoms with Gasteiger partial charge in [0.1, 0.15) is 0 Å². The zero-order valence-electron chi connectivity index (χ0n) is 9.95. The summed E-state index contributed by atoms with van der Waals surface area (Å²) in [6, 6.07) is 0. The first-order valence-electron chi connectivity index (χ1n) is 6.46. The first kappa shape index (κ1) is 11.7. The van der Waals surface area contributed by atoms with Crippen LogP contribution in [0.25, 0.3) is 0 Å². The summed E-state index contributed by atoms with van der Waals surface area (Å²) in [6.45, 7) is 3.65. The second-order valence-electron chi connectivity index (χ2n) is 4.96. The quantitative estimate of drug-likeness (QED) is 0.557. The first-order chi connectivity index (χ1) is 7.84. The Bertz CT molecular complexity index is 232. The molecule has 0 aromatic rings. The lowest BCUT2D eigenvalue weighted by Crippen LogP contribution is -2.37. The highest BCUT2D eigenvalue weighted by Crippen LogP contribution is 2.26. The van der Waals surface area contributed by atoms with Gasteiger partial charge in [0.25, 0.3) is 0 Å². The molecule has 2 fully saturated rings. The van der Waals surface area contributed by atoms with Gasteiger partial charge >= 0.3 is 0 Å². The van der Waals surface area contributed by atoms with E-state index >= 15 is 0 Å².